The minimum atomic E-state index is -0.193. The van der Waals surface area contributed by atoms with Crippen LogP contribution in [0.2, 0.25) is 0 Å². The molecule has 0 saturated carbocycles. The highest BCUT2D eigenvalue weighted by Gasteiger charge is 2.13. The molecule has 0 aliphatic rings. The van der Waals surface area contributed by atoms with E-state index in [-0.39, 0.29) is 17.3 Å². The summed E-state index contributed by atoms with van der Waals surface area (Å²) in [5.41, 5.74) is 2.18. The summed E-state index contributed by atoms with van der Waals surface area (Å²) in [5.74, 6) is -0.401. The number of rotatable bonds is 5. The first kappa shape index (κ1) is 16.4. The predicted octanol–water partition coefficient (Wildman–Crippen LogP) is 3.62. The van der Waals surface area contributed by atoms with Crippen molar-refractivity contribution in [1.29, 1.82) is 0 Å². The molecule has 0 spiro atoms. The molecule has 0 fully saturated rings. The fraction of sp³-hybridized carbons (Fsp3) is 0.176. The second kappa shape index (κ2) is 7.24. The number of aromatic hydroxyl groups is 2. The highest BCUT2D eigenvalue weighted by Crippen LogP contribution is 2.30. The van der Waals surface area contributed by atoms with Gasteiger partial charge >= 0.3 is 0 Å². The molecule has 0 aliphatic heterocycles. The summed E-state index contributed by atoms with van der Waals surface area (Å²) < 4.78 is 0. The van der Waals surface area contributed by atoms with Crippen LogP contribution in [-0.4, -0.2) is 21.7 Å². The van der Waals surface area contributed by atoms with Crippen LogP contribution in [0.3, 0.4) is 0 Å². The first-order valence-electron chi connectivity index (χ1n) is 6.47. The zero-order valence-electron chi connectivity index (χ0n) is 12.4. The van der Waals surface area contributed by atoms with Crippen molar-refractivity contribution in [3.05, 3.63) is 54.3 Å². The topological polar surface area (TPSA) is 69.9 Å². The molecule has 1 aromatic carbocycles. The van der Waals surface area contributed by atoms with E-state index in [1.54, 1.807) is 6.08 Å². The van der Waals surface area contributed by atoms with E-state index in [0.717, 1.165) is 5.57 Å². The number of phenolic OH excluding ortho intramolecular Hbond substituents is 2. The maximum absolute atomic E-state index is 11.9. The lowest BCUT2D eigenvalue weighted by Crippen LogP contribution is -2.01. The van der Waals surface area contributed by atoms with Gasteiger partial charge < -0.3 is 10.2 Å². The molecule has 0 atom stereocenters. The van der Waals surface area contributed by atoms with Crippen molar-refractivity contribution >= 4 is 17.1 Å². The predicted molar refractivity (Wildman–Crippen MR) is 85.5 cm³/mol. The summed E-state index contributed by atoms with van der Waals surface area (Å²) in [5, 5.41) is 19.3. The smallest absolute Gasteiger partial charge is 0.160 e. The largest absolute Gasteiger partial charge is 0.508 e. The lowest BCUT2D eigenvalue weighted by molar-refractivity contribution is -0.111. The third-order valence-electron chi connectivity index (χ3n) is 2.96. The van der Waals surface area contributed by atoms with E-state index in [1.165, 1.54) is 31.3 Å². The molecule has 1 rings (SSSR count). The average Bonchev–Trinajstić information content (AvgIpc) is 2.41. The van der Waals surface area contributed by atoms with Gasteiger partial charge in [0, 0.05) is 29.1 Å². The minimum Gasteiger partial charge on any atom is -0.508 e. The van der Waals surface area contributed by atoms with Crippen molar-refractivity contribution < 1.29 is 15.0 Å². The molecule has 0 unspecified atom stereocenters. The van der Waals surface area contributed by atoms with Gasteiger partial charge in [-0.05, 0) is 44.6 Å². The van der Waals surface area contributed by atoms with Gasteiger partial charge in [0.15, 0.2) is 5.78 Å². The van der Waals surface area contributed by atoms with E-state index >= 15 is 0 Å². The number of benzene rings is 1. The maximum atomic E-state index is 11.9. The highest BCUT2D eigenvalue weighted by molar-refractivity contribution is 6.22. The quantitative estimate of drug-likeness (QED) is 0.493. The first-order chi connectivity index (χ1) is 9.90. The Kier molecular flexibility index (Phi) is 5.67. The number of carbonyl (C=O) groups excluding carboxylic acids is 1. The van der Waals surface area contributed by atoms with E-state index in [9.17, 15) is 15.0 Å². The van der Waals surface area contributed by atoms with E-state index in [1.807, 2.05) is 19.9 Å². The Morgan fingerprint density at radius 1 is 1.29 bits per heavy atom. The number of ketones is 1. The molecule has 110 valence electrons. The Balaban J connectivity index is 3.42. The summed E-state index contributed by atoms with van der Waals surface area (Å²) in [6.07, 6.45) is 4.91. The molecular formula is C17H19NO3. The van der Waals surface area contributed by atoms with Crippen LogP contribution in [0.25, 0.3) is 5.57 Å². The van der Waals surface area contributed by atoms with Gasteiger partial charge in [0.05, 0.1) is 0 Å². The molecule has 0 saturated heterocycles. The van der Waals surface area contributed by atoms with E-state index in [0.29, 0.717) is 16.8 Å². The normalized spacial score (nSPS) is 13.2. The lowest BCUT2D eigenvalue weighted by Gasteiger charge is -2.09. The van der Waals surface area contributed by atoms with Gasteiger partial charge in [0.25, 0.3) is 0 Å². The Morgan fingerprint density at radius 3 is 2.43 bits per heavy atom. The van der Waals surface area contributed by atoms with E-state index < -0.39 is 0 Å². The van der Waals surface area contributed by atoms with Crippen LogP contribution in [0.5, 0.6) is 11.5 Å². The molecule has 0 radical (unpaired) electrons. The van der Waals surface area contributed by atoms with Gasteiger partial charge in [-0.1, -0.05) is 12.7 Å². The summed E-state index contributed by atoms with van der Waals surface area (Å²) in [4.78, 5) is 16.0. The Hall–Kier alpha value is -2.62. The van der Waals surface area contributed by atoms with Crippen LogP contribution in [-0.2, 0) is 4.79 Å². The van der Waals surface area contributed by atoms with Crippen molar-refractivity contribution in [1.82, 2.24) is 0 Å². The molecule has 2 N–H and O–H groups in total. The summed E-state index contributed by atoms with van der Waals surface area (Å²) in [6.45, 7) is 8.61. The van der Waals surface area contributed by atoms with Gasteiger partial charge in [-0.25, -0.2) is 0 Å². The molecule has 0 aliphatic carbocycles. The third kappa shape index (κ3) is 4.18. The van der Waals surface area contributed by atoms with Crippen LogP contribution < -0.4 is 0 Å². The number of phenols is 2. The molecule has 1 aromatic rings. The molecular weight excluding hydrogens is 266 g/mol. The van der Waals surface area contributed by atoms with Gasteiger partial charge in [-0.2, -0.15) is 0 Å². The van der Waals surface area contributed by atoms with Crippen molar-refractivity contribution in [2.45, 2.75) is 20.8 Å². The standard InChI is InChI=1S/C17H19NO3/c1-5-13(11(3)18-6-2)9-16(12(4)19)15-8-7-14(20)10-17(15)21/h5-10,20-21H,2H2,1,3-4H3/b13-5-,16-9+,18-11?. The first-order valence-corrected chi connectivity index (χ1v) is 6.47. The van der Waals surface area contributed by atoms with Gasteiger partial charge in [-0.15, -0.1) is 0 Å². The Bertz CT molecular complexity index is 652. The van der Waals surface area contributed by atoms with Crippen LogP contribution in [0.4, 0.5) is 0 Å². The van der Waals surface area contributed by atoms with E-state index in [2.05, 4.69) is 11.6 Å². The van der Waals surface area contributed by atoms with Crippen LogP contribution >= 0.6 is 0 Å². The molecule has 0 aromatic heterocycles. The second-order valence-corrected chi connectivity index (χ2v) is 4.46. The number of hydrogen-bond acceptors (Lipinski definition) is 4. The number of carbonyl (C=O) groups is 1. The van der Waals surface area contributed by atoms with Crippen molar-refractivity contribution in [2.24, 2.45) is 4.99 Å². The van der Waals surface area contributed by atoms with Gasteiger partial charge in [0.1, 0.15) is 11.5 Å². The monoisotopic (exact) mass is 285 g/mol. The SMILES string of the molecule is C=CN=C(C)C(=C\C)/C=C(\C(C)=O)c1ccc(O)cc1O. The molecule has 0 heterocycles. The number of Topliss-reactive ketones (excluding diaryl/α,β-unsaturated/α-hetero) is 1. The van der Waals surface area contributed by atoms with Gasteiger partial charge in [-0.3, -0.25) is 9.79 Å². The number of hydrogen-bond donors (Lipinski definition) is 2. The summed E-state index contributed by atoms with van der Waals surface area (Å²) >= 11 is 0. The number of allylic oxidation sites excluding steroid dienone is 4. The van der Waals surface area contributed by atoms with E-state index in [4.69, 9.17) is 0 Å². The molecule has 0 amide bonds. The molecule has 4 heteroatoms. The second-order valence-electron chi connectivity index (χ2n) is 4.46. The highest BCUT2D eigenvalue weighted by atomic mass is 16.3. The molecule has 0 bridgehead atoms. The molecule has 4 nitrogen and oxygen atoms in total. The fourth-order valence-electron chi connectivity index (χ4n) is 1.88. The van der Waals surface area contributed by atoms with Crippen molar-refractivity contribution in [2.75, 3.05) is 0 Å². The lowest BCUT2D eigenvalue weighted by atomic mass is 9.97. The van der Waals surface area contributed by atoms with Crippen molar-refractivity contribution in [3.63, 3.8) is 0 Å². The minimum absolute atomic E-state index is 0.0604. The average molecular weight is 285 g/mol. The number of aliphatic imine (C=N–C) groups is 1. The maximum Gasteiger partial charge on any atom is 0.160 e. The Labute approximate surface area is 124 Å². The zero-order chi connectivity index (χ0) is 16.0. The van der Waals surface area contributed by atoms with Crippen molar-refractivity contribution in [3.8, 4) is 11.5 Å². The fourth-order valence-corrected chi connectivity index (χ4v) is 1.88. The van der Waals surface area contributed by atoms with Gasteiger partial charge in [0.2, 0.25) is 0 Å². The van der Waals surface area contributed by atoms with Crippen LogP contribution in [0.15, 0.2) is 53.7 Å². The molecule has 21 heavy (non-hydrogen) atoms. The number of nitrogens with zero attached hydrogens (tertiary/aromatic N) is 1. The Morgan fingerprint density at radius 2 is 1.95 bits per heavy atom. The summed E-state index contributed by atoms with van der Waals surface area (Å²) in [7, 11) is 0. The van der Waals surface area contributed by atoms with Crippen LogP contribution in [0, 0.1) is 0 Å². The zero-order valence-corrected chi connectivity index (χ0v) is 12.4. The third-order valence-corrected chi connectivity index (χ3v) is 2.96. The van der Waals surface area contributed by atoms with Crippen LogP contribution in [0.1, 0.15) is 26.3 Å². The summed E-state index contributed by atoms with van der Waals surface area (Å²) in [6, 6.07) is 4.13.